The van der Waals surface area contributed by atoms with Crippen molar-refractivity contribution in [1.29, 1.82) is 0 Å². The number of nitrogens with one attached hydrogen (secondary N) is 3. The second-order valence-electron chi connectivity index (χ2n) is 2.35. The number of rotatable bonds is 6. The third-order valence-electron chi connectivity index (χ3n) is 1.33. The Balaban J connectivity index is 3.00. The van der Waals surface area contributed by atoms with E-state index in [0.29, 0.717) is 17.8 Å². The fourth-order valence-corrected chi connectivity index (χ4v) is 0.843. The zero-order chi connectivity index (χ0) is 11.1. The smallest absolute Gasteiger partial charge is 0.233 e. The van der Waals surface area contributed by atoms with Crippen molar-refractivity contribution in [3.8, 4) is 0 Å². The Bertz CT molecular complexity index is 303. The quantitative estimate of drug-likeness (QED) is 0.652. The van der Waals surface area contributed by atoms with Crippen molar-refractivity contribution in [3.05, 3.63) is 38.3 Å². The van der Waals surface area contributed by atoms with Crippen LogP contribution in [0.1, 0.15) is 0 Å². The highest BCUT2D eigenvalue weighted by Crippen LogP contribution is 2.08. The minimum atomic E-state index is 0.383. The van der Waals surface area contributed by atoms with Crippen molar-refractivity contribution in [2.24, 2.45) is 0 Å². The maximum Gasteiger partial charge on any atom is 0.233 e. The van der Waals surface area contributed by atoms with E-state index in [0.717, 1.165) is 0 Å². The fraction of sp³-hybridized carbons (Fsp3) is 0. The predicted octanol–water partition coefficient (Wildman–Crippen LogP) is 1.54. The van der Waals surface area contributed by atoms with Crippen molar-refractivity contribution in [3.63, 3.8) is 0 Å². The average Bonchev–Trinajstić information content (AvgIpc) is 2.19. The minimum absolute atomic E-state index is 0.383. The van der Waals surface area contributed by atoms with E-state index in [4.69, 9.17) is 0 Å². The predicted molar refractivity (Wildman–Crippen MR) is 61.3 cm³/mol. The lowest BCUT2D eigenvalue weighted by molar-refractivity contribution is 1.06. The van der Waals surface area contributed by atoms with Gasteiger partial charge in [-0.2, -0.15) is 15.0 Å². The van der Waals surface area contributed by atoms with E-state index in [-0.39, 0.29) is 0 Å². The molecule has 0 atom stereocenters. The molecule has 0 bridgehead atoms. The maximum absolute atomic E-state index is 4.03. The molecule has 15 heavy (non-hydrogen) atoms. The summed E-state index contributed by atoms with van der Waals surface area (Å²) in [6.07, 6.45) is 4.43. The first-order valence-corrected chi connectivity index (χ1v) is 4.18. The van der Waals surface area contributed by atoms with Gasteiger partial charge in [0, 0.05) is 0 Å². The summed E-state index contributed by atoms with van der Waals surface area (Å²) in [4.78, 5) is 12.1. The second kappa shape index (κ2) is 5.38. The van der Waals surface area contributed by atoms with Crippen LogP contribution in [0.25, 0.3) is 0 Å². The number of hydrogen-bond donors (Lipinski definition) is 3. The summed E-state index contributed by atoms with van der Waals surface area (Å²) >= 11 is 0. The number of hydrogen-bond acceptors (Lipinski definition) is 6. The molecular weight excluding hydrogens is 192 g/mol. The van der Waals surface area contributed by atoms with Gasteiger partial charge in [-0.25, -0.2) is 0 Å². The third kappa shape index (κ3) is 3.11. The van der Waals surface area contributed by atoms with Gasteiger partial charge < -0.3 is 16.0 Å². The molecule has 0 saturated carbocycles. The first-order valence-electron chi connectivity index (χ1n) is 4.18. The molecule has 3 N–H and O–H groups in total. The van der Waals surface area contributed by atoms with Gasteiger partial charge >= 0.3 is 0 Å². The minimum Gasteiger partial charge on any atom is -0.331 e. The molecule has 0 amide bonds. The molecule has 0 spiro atoms. The molecule has 0 aliphatic heterocycles. The van der Waals surface area contributed by atoms with Gasteiger partial charge in [0.2, 0.25) is 17.8 Å². The summed E-state index contributed by atoms with van der Waals surface area (Å²) in [7, 11) is 0. The van der Waals surface area contributed by atoms with Crippen molar-refractivity contribution < 1.29 is 0 Å². The van der Waals surface area contributed by atoms with Gasteiger partial charge in [-0.05, 0) is 18.6 Å². The van der Waals surface area contributed by atoms with Crippen molar-refractivity contribution >= 4 is 17.8 Å². The van der Waals surface area contributed by atoms with Crippen molar-refractivity contribution in [1.82, 2.24) is 15.0 Å². The normalized spacial score (nSPS) is 8.80. The highest BCUT2D eigenvalue weighted by atomic mass is 15.3. The summed E-state index contributed by atoms with van der Waals surface area (Å²) in [6, 6.07) is 0. The highest BCUT2D eigenvalue weighted by molar-refractivity contribution is 5.44. The fourth-order valence-electron chi connectivity index (χ4n) is 0.843. The highest BCUT2D eigenvalue weighted by Gasteiger charge is 2.02. The monoisotopic (exact) mass is 204 g/mol. The van der Waals surface area contributed by atoms with Gasteiger partial charge in [-0.15, -0.1) is 0 Å². The molecule has 0 fully saturated rings. The number of anilines is 3. The summed E-state index contributed by atoms with van der Waals surface area (Å²) in [5.41, 5.74) is 0. The first kappa shape index (κ1) is 10.7. The van der Waals surface area contributed by atoms with E-state index in [1.165, 1.54) is 18.6 Å². The molecule has 78 valence electrons. The zero-order valence-electron chi connectivity index (χ0n) is 8.20. The zero-order valence-corrected chi connectivity index (χ0v) is 8.20. The van der Waals surface area contributed by atoms with Crippen LogP contribution in [0.5, 0.6) is 0 Å². The van der Waals surface area contributed by atoms with Gasteiger partial charge in [-0.1, -0.05) is 19.7 Å². The Hall–Kier alpha value is -2.37. The van der Waals surface area contributed by atoms with Crippen molar-refractivity contribution in [2.75, 3.05) is 16.0 Å². The third-order valence-corrected chi connectivity index (χ3v) is 1.33. The van der Waals surface area contributed by atoms with E-state index in [1.807, 2.05) is 0 Å². The van der Waals surface area contributed by atoms with Crippen LogP contribution in [-0.2, 0) is 0 Å². The molecule has 0 unspecified atom stereocenters. The van der Waals surface area contributed by atoms with Gasteiger partial charge in [0.1, 0.15) is 0 Å². The Morgan fingerprint density at radius 2 is 0.933 bits per heavy atom. The van der Waals surface area contributed by atoms with Gasteiger partial charge in [0.05, 0.1) is 0 Å². The molecule has 6 nitrogen and oxygen atoms in total. The Kier molecular flexibility index (Phi) is 3.84. The van der Waals surface area contributed by atoms with Crippen LogP contribution in [-0.4, -0.2) is 15.0 Å². The number of nitrogens with zero attached hydrogens (tertiary/aromatic N) is 3. The van der Waals surface area contributed by atoms with Gasteiger partial charge in [-0.3, -0.25) is 0 Å². The molecule has 1 rings (SSSR count). The molecule has 0 aliphatic carbocycles. The number of aromatic nitrogens is 3. The molecule has 0 aliphatic rings. The van der Waals surface area contributed by atoms with Crippen LogP contribution in [0.3, 0.4) is 0 Å². The van der Waals surface area contributed by atoms with Gasteiger partial charge in [0.15, 0.2) is 0 Å². The largest absolute Gasteiger partial charge is 0.331 e. The Morgan fingerprint density at radius 1 is 0.667 bits per heavy atom. The van der Waals surface area contributed by atoms with Crippen LogP contribution in [0.2, 0.25) is 0 Å². The van der Waals surface area contributed by atoms with Crippen LogP contribution < -0.4 is 16.0 Å². The van der Waals surface area contributed by atoms with Crippen LogP contribution >= 0.6 is 0 Å². The van der Waals surface area contributed by atoms with E-state index >= 15 is 0 Å². The van der Waals surface area contributed by atoms with Crippen LogP contribution in [0, 0.1) is 0 Å². The molecule has 0 aromatic carbocycles. The van der Waals surface area contributed by atoms with E-state index in [9.17, 15) is 0 Å². The first-order chi connectivity index (χ1) is 7.30. The van der Waals surface area contributed by atoms with Crippen LogP contribution in [0.15, 0.2) is 38.3 Å². The average molecular weight is 204 g/mol. The lowest BCUT2D eigenvalue weighted by Crippen LogP contribution is -2.05. The summed E-state index contributed by atoms with van der Waals surface area (Å²) in [5.74, 6) is 1.15. The Labute approximate surface area is 87.9 Å². The standard InChI is InChI=1S/C9H12N6/c1-4-10-7-13-8(11-5-2)15-9(14-7)12-6-3/h4-6H,1-3H2,(H3,10,11,12,13,14,15). The molecule has 1 aromatic rings. The molecule has 0 saturated heterocycles. The lowest BCUT2D eigenvalue weighted by atomic mass is 10.7. The summed E-state index contributed by atoms with van der Waals surface area (Å²) < 4.78 is 0. The Morgan fingerprint density at radius 3 is 1.13 bits per heavy atom. The second-order valence-corrected chi connectivity index (χ2v) is 2.35. The van der Waals surface area contributed by atoms with Crippen molar-refractivity contribution in [2.45, 2.75) is 0 Å². The molecule has 6 heteroatoms. The molecule has 1 heterocycles. The van der Waals surface area contributed by atoms with E-state index in [2.05, 4.69) is 50.6 Å². The maximum atomic E-state index is 4.03. The van der Waals surface area contributed by atoms with Gasteiger partial charge in [0.25, 0.3) is 0 Å². The summed E-state index contributed by atoms with van der Waals surface area (Å²) in [6.45, 7) is 10.5. The molecule has 0 radical (unpaired) electrons. The molecular formula is C9H12N6. The van der Waals surface area contributed by atoms with E-state index < -0.39 is 0 Å². The summed E-state index contributed by atoms with van der Waals surface area (Å²) in [5, 5.41) is 8.27. The van der Waals surface area contributed by atoms with E-state index in [1.54, 1.807) is 0 Å². The lowest BCUT2D eigenvalue weighted by Gasteiger charge is -2.05. The van der Waals surface area contributed by atoms with Crippen LogP contribution in [0.4, 0.5) is 17.8 Å². The topological polar surface area (TPSA) is 74.8 Å². The SMILES string of the molecule is C=CNc1nc(NC=C)nc(NC=C)n1. The molecule has 1 aromatic heterocycles.